The Morgan fingerprint density at radius 2 is 2.08 bits per heavy atom. The van der Waals surface area contributed by atoms with E-state index in [1.807, 2.05) is 0 Å². The van der Waals surface area contributed by atoms with Crippen LogP contribution in [0, 0.1) is 0 Å². The SMILES string of the molecule is CCS(=O)(=O)CCCC(N)C(=O)O. The van der Waals surface area contributed by atoms with E-state index >= 15 is 0 Å². The summed E-state index contributed by atoms with van der Waals surface area (Å²) in [5, 5.41) is 8.39. The average molecular weight is 209 g/mol. The fourth-order valence-corrected chi connectivity index (χ4v) is 1.69. The Hall–Kier alpha value is -0.620. The van der Waals surface area contributed by atoms with E-state index in [-0.39, 0.29) is 17.9 Å². The molecule has 0 saturated heterocycles. The summed E-state index contributed by atoms with van der Waals surface area (Å²) >= 11 is 0. The molecule has 0 aromatic heterocycles. The first-order valence-corrected chi connectivity index (χ1v) is 5.90. The lowest BCUT2D eigenvalue weighted by Crippen LogP contribution is -2.30. The summed E-state index contributed by atoms with van der Waals surface area (Å²) in [6, 6.07) is -0.952. The first-order valence-electron chi connectivity index (χ1n) is 4.08. The van der Waals surface area contributed by atoms with E-state index in [9.17, 15) is 13.2 Å². The molecule has 1 atom stereocenters. The van der Waals surface area contributed by atoms with E-state index in [0.717, 1.165) is 0 Å². The molecule has 0 aliphatic rings. The third kappa shape index (κ3) is 5.59. The third-order valence-electron chi connectivity index (χ3n) is 1.73. The van der Waals surface area contributed by atoms with Gasteiger partial charge in [-0.3, -0.25) is 4.79 Å². The number of aliphatic carboxylic acids is 1. The lowest BCUT2D eigenvalue weighted by Gasteiger charge is -2.05. The minimum absolute atomic E-state index is 0.0183. The number of carboxylic acids is 1. The number of sulfone groups is 1. The fraction of sp³-hybridized carbons (Fsp3) is 0.857. The molecule has 0 radical (unpaired) electrons. The van der Waals surface area contributed by atoms with Crippen LogP contribution in [0.4, 0.5) is 0 Å². The van der Waals surface area contributed by atoms with Gasteiger partial charge < -0.3 is 10.8 Å². The van der Waals surface area contributed by atoms with Crippen LogP contribution in [0.5, 0.6) is 0 Å². The van der Waals surface area contributed by atoms with Crippen LogP contribution in [0.15, 0.2) is 0 Å². The summed E-state index contributed by atoms with van der Waals surface area (Å²) in [7, 11) is -2.99. The van der Waals surface area contributed by atoms with Crippen molar-refractivity contribution >= 4 is 15.8 Å². The molecule has 0 aromatic rings. The monoisotopic (exact) mass is 209 g/mol. The van der Waals surface area contributed by atoms with E-state index in [4.69, 9.17) is 10.8 Å². The van der Waals surface area contributed by atoms with Crippen molar-refractivity contribution in [1.82, 2.24) is 0 Å². The van der Waals surface area contributed by atoms with Gasteiger partial charge in [0.2, 0.25) is 0 Å². The van der Waals surface area contributed by atoms with Gasteiger partial charge in [-0.2, -0.15) is 0 Å². The van der Waals surface area contributed by atoms with Gasteiger partial charge in [-0.25, -0.2) is 8.42 Å². The summed E-state index contributed by atoms with van der Waals surface area (Å²) in [4.78, 5) is 10.2. The van der Waals surface area contributed by atoms with Crippen molar-refractivity contribution in [3.05, 3.63) is 0 Å². The van der Waals surface area contributed by atoms with Gasteiger partial charge in [0.25, 0.3) is 0 Å². The molecular formula is C7H15NO4S. The lowest BCUT2D eigenvalue weighted by molar-refractivity contribution is -0.138. The van der Waals surface area contributed by atoms with Crippen LogP contribution < -0.4 is 5.73 Å². The lowest BCUT2D eigenvalue weighted by atomic mass is 10.2. The van der Waals surface area contributed by atoms with E-state index in [0.29, 0.717) is 6.42 Å². The summed E-state index contributed by atoms with van der Waals surface area (Å²) < 4.78 is 21.9. The summed E-state index contributed by atoms with van der Waals surface area (Å²) in [6.45, 7) is 1.56. The molecule has 0 aromatic carbocycles. The number of carbonyl (C=O) groups is 1. The second kappa shape index (κ2) is 5.18. The molecule has 0 rings (SSSR count). The van der Waals surface area contributed by atoms with Crippen LogP contribution in [0.25, 0.3) is 0 Å². The van der Waals surface area contributed by atoms with Gasteiger partial charge in [0, 0.05) is 5.75 Å². The second-order valence-electron chi connectivity index (χ2n) is 2.82. The molecule has 78 valence electrons. The largest absolute Gasteiger partial charge is 0.480 e. The summed E-state index contributed by atoms with van der Waals surface area (Å²) in [5.41, 5.74) is 5.19. The van der Waals surface area contributed by atoms with Crippen molar-refractivity contribution in [3.63, 3.8) is 0 Å². The van der Waals surface area contributed by atoms with E-state index in [1.165, 1.54) is 0 Å². The van der Waals surface area contributed by atoms with Crippen LogP contribution in [0.3, 0.4) is 0 Å². The number of carboxylic acid groups (broad SMARTS) is 1. The first-order chi connectivity index (χ1) is 5.89. The van der Waals surface area contributed by atoms with E-state index in [2.05, 4.69) is 0 Å². The van der Waals surface area contributed by atoms with Gasteiger partial charge in [-0.1, -0.05) is 6.92 Å². The Morgan fingerprint density at radius 1 is 1.54 bits per heavy atom. The van der Waals surface area contributed by atoms with Crippen molar-refractivity contribution in [2.75, 3.05) is 11.5 Å². The second-order valence-corrected chi connectivity index (χ2v) is 5.30. The first kappa shape index (κ1) is 12.4. The number of nitrogens with two attached hydrogens (primary N) is 1. The maximum Gasteiger partial charge on any atom is 0.320 e. The molecule has 0 heterocycles. The quantitative estimate of drug-likeness (QED) is 0.621. The fourth-order valence-electron chi connectivity index (χ4n) is 0.791. The molecular weight excluding hydrogens is 194 g/mol. The Kier molecular flexibility index (Phi) is 4.94. The van der Waals surface area contributed by atoms with Crippen LogP contribution in [0.2, 0.25) is 0 Å². The highest BCUT2D eigenvalue weighted by atomic mass is 32.2. The smallest absolute Gasteiger partial charge is 0.320 e. The standard InChI is InChI=1S/C7H15NO4S/c1-2-13(11,12)5-3-4-6(8)7(9)10/h6H,2-5,8H2,1H3,(H,9,10). The molecule has 0 fully saturated rings. The Morgan fingerprint density at radius 3 is 2.46 bits per heavy atom. The van der Waals surface area contributed by atoms with Gasteiger partial charge in [0.1, 0.15) is 15.9 Å². The zero-order valence-corrected chi connectivity index (χ0v) is 8.38. The number of hydrogen-bond acceptors (Lipinski definition) is 4. The minimum Gasteiger partial charge on any atom is -0.480 e. The Balaban J connectivity index is 3.75. The van der Waals surface area contributed by atoms with E-state index < -0.39 is 21.8 Å². The molecule has 0 saturated carbocycles. The Bertz CT molecular complexity index is 260. The van der Waals surface area contributed by atoms with Gasteiger partial charge in [0.15, 0.2) is 0 Å². The minimum atomic E-state index is -2.99. The molecule has 13 heavy (non-hydrogen) atoms. The molecule has 5 nitrogen and oxygen atoms in total. The maximum atomic E-state index is 11.0. The van der Waals surface area contributed by atoms with Crippen molar-refractivity contribution in [2.45, 2.75) is 25.8 Å². The molecule has 0 aliphatic heterocycles. The van der Waals surface area contributed by atoms with Crippen LogP contribution in [-0.4, -0.2) is 37.0 Å². The van der Waals surface area contributed by atoms with Gasteiger partial charge in [-0.15, -0.1) is 0 Å². The molecule has 0 bridgehead atoms. The highest BCUT2D eigenvalue weighted by Gasteiger charge is 2.13. The average Bonchev–Trinajstić information content (AvgIpc) is 2.04. The van der Waals surface area contributed by atoms with Crippen molar-refractivity contribution in [2.24, 2.45) is 5.73 Å². The highest BCUT2D eigenvalue weighted by Crippen LogP contribution is 1.99. The van der Waals surface area contributed by atoms with Crippen LogP contribution >= 0.6 is 0 Å². The molecule has 3 N–H and O–H groups in total. The normalized spacial score (nSPS) is 14.0. The van der Waals surface area contributed by atoms with Gasteiger partial charge in [-0.05, 0) is 12.8 Å². The molecule has 0 spiro atoms. The predicted octanol–water partition coefficient (Wildman–Crippen LogP) is -0.387. The zero-order chi connectivity index (χ0) is 10.5. The van der Waals surface area contributed by atoms with Crippen molar-refractivity contribution < 1.29 is 18.3 Å². The Labute approximate surface area is 77.8 Å². The topological polar surface area (TPSA) is 97.5 Å². The molecule has 0 aliphatic carbocycles. The van der Waals surface area contributed by atoms with Crippen molar-refractivity contribution in [3.8, 4) is 0 Å². The summed E-state index contributed by atoms with van der Waals surface area (Å²) in [5.74, 6) is -0.978. The zero-order valence-electron chi connectivity index (χ0n) is 7.56. The molecule has 1 unspecified atom stereocenters. The van der Waals surface area contributed by atoms with Crippen molar-refractivity contribution in [1.29, 1.82) is 0 Å². The number of hydrogen-bond donors (Lipinski definition) is 2. The van der Waals surface area contributed by atoms with Gasteiger partial charge in [0.05, 0.1) is 5.75 Å². The van der Waals surface area contributed by atoms with Crippen LogP contribution in [0.1, 0.15) is 19.8 Å². The number of rotatable bonds is 6. The molecule has 0 amide bonds. The van der Waals surface area contributed by atoms with E-state index in [1.54, 1.807) is 6.92 Å². The highest BCUT2D eigenvalue weighted by molar-refractivity contribution is 7.91. The predicted molar refractivity (Wildman–Crippen MR) is 49.2 cm³/mol. The third-order valence-corrected chi connectivity index (χ3v) is 3.52. The van der Waals surface area contributed by atoms with Gasteiger partial charge >= 0.3 is 5.97 Å². The van der Waals surface area contributed by atoms with Crippen LogP contribution in [-0.2, 0) is 14.6 Å². The maximum absolute atomic E-state index is 11.0. The molecule has 6 heteroatoms. The summed E-state index contributed by atoms with van der Waals surface area (Å²) in [6.07, 6.45) is 0.512.